The first-order valence-corrected chi connectivity index (χ1v) is 5.76. The summed E-state index contributed by atoms with van der Waals surface area (Å²) >= 11 is 0. The zero-order valence-electron chi connectivity index (χ0n) is 9.99. The Hall–Kier alpha value is -1.84. The number of nitrogens with one attached hydrogen (secondary N) is 1. The molecule has 1 aliphatic rings. The fourth-order valence-electron chi connectivity index (χ4n) is 2.03. The van der Waals surface area contributed by atoms with E-state index in [2.05, 4.69) is 10.5 Å². The molecule has 17 heavy (non-hydrogen) atoms. The summed E-state index contributed by atoms with van der Waals surface area (Å²) in [6.07, 6.45) is 1.33. The Morgan fingerprint density at radius 3 is 2.88 bits per heavy atom. The van der Waals surface area contributed by atoms with Gasteiger partial charge in [0, 0.05) is 12.3 Å². The molecule has 0 fully saturated rings. The molecule has 1 unspecified atom stereocenters. The molecule has 4 heteroatoms. The first-order valence-electron chi connectivity index (χ1n) is 5.76. The fourth-order valence-corrected chi connectivity index (χ4v) is 2.03. The van der Waals surface area contributed by atoms with Crippen LogP contribution in [0.1, 0.15) is 30.9 Å². The van der Waals surface area contributed by atoms with E-state index >= 15 is 0 Å². The molecule has 1 aliphatic heterocycles. The van der Waals surface area contributed by atoms with Gasteiger partial charge in [-0.15, -0.1) is 0 Å². The maximum atomic E-state index is 11.3. The van der Waals surface area contributed by atoms with Gasteiger partial charge in [0.05, 0.1) is 5.71 Å². The van der Waals surface area contributed by atoms with Crippen LogP contribution in [0.2, 0.25) is 0 Å². The van der Waals surface area contributed by atoms with Crippen LogP contribution in [0, 0.1) is 12.8 Å². The monoisotopic (exact) mass is 231 g/mol. The average Bonchev–Trinajstić information content (AvgIpc) is 2.32. The summed E-state index contributed by atoms with van der Waals surface area (Å²) in [5.41, 5.74) is 5.00. The highest BCUT2D eigenvalue weighted by molar-refractivity contribution is 6.06. The molecule has 0 spiro atoms. The van der Waals surface area contributed by atoms with Crippen LogP contribution in [0.15, 0.2) is 23.3 Å². The van der Waals surface area contributed by atoms with Gasteiger partial charge in [-0.2, -0.15) is 5.10 Å². The Morgan fingerprint density at radius 2 is 2.24 bits per heavy atom. The Morgan fingerprint density at radius 1 is 1.47 bits per heavy atom. The standard InChI is InChI=1S/C13H15N2O2/c1-3-9-7-12(17)14-15-13(9)10-4-5-11(16)8(2)6-10/h4-6,9H,3,7H2,1-2H3,(H,14,17). The predicted octanol–water partition coefficient (Wildman–Crippen LogP) is 2.39. The Balaban J connectivity index is 2.37. The topological polar surface area (TPSA) is 61.4 Å². The van der Waals surface area contributed by atoms with Crippen molar-refractivity contribution in [3.8, 4) is 5.75 Å². The van der Waals surface area contributed by atoms with Crippen molar-refractivity contribution in [1.82, 2.24) is 5.43 Å². The number of hydrogen-bond acceptors (Lipinski definition) is 2. The molecule has 1 amide bonds. The van der Waals surface area contributed by atoms with E-state index in [1.807, 2.05) is 13.0 Å². The number of benzene rings is 1. The minimum atomic E-state index is -0.0437. The maximum Gasteiger partial charge on any atom is 0.240 e. The zero-order chi connectivity index (χ0) is 12.4. The van der Waals surface area contributed by atoms with Crippen molar-refractivity contribution >= 4 is 11.6 Å². The van der Waals surface area contributed by atoms with E-state index in [0.717, 1.165) is 17.7 Å². The number of aryl methyl sites for hydroxylation is 1. The SMILES string of the molecule is CCC1CC(=O)NN=C1c1ccc([O])c(C)c1. The van der Waals surface area contributed by atoms with E-state index in [4.69, 9.17) is 0 Å². The van der Waals surface area contributed by atoms with Crippen LogP contribution in [-0.4, -0.2) is 11.6 Å². The molecule has 1 aromatic rings. The summed E-state index contributed by atoms with van der Waals surface area (Å²) in [4.78, 5) is 11.3. The van der Waals surface area contributed by atoms with E-state index in [-0.39, 0.29) is 17.6 Å². The van der Waals surface area contributed by atoms with Gasteiger partial charge in [0.25, 0.3) is 0 Å². The van der Waals surface area contributed by atoms with Crippen molar-refractivity contribution in [2.24, 2.45) is 11.0 Å². The van der Waals surface area contributed by atoms with Crippen LogP contribution >= 0.6 is 0 Å². The molecule has 2 rings (SSSR count). The van der Waals surface area contributed by atoms with E-state index in [1.54, 1.807) is 19.1 Å². The Labute approximate surface area is 100 Å². The van der Waals surface area contributed by atoms with Gasteiger partial charge in [-0.05, 0) is 42.7 Å². The van der Waals surface area contributed by atoms with Crippen LogP contribution in [0.5, 0.6) is 5.75 Å². The van der Waals surface area contributed by atoms with E-state index < -0.39 is 0 Å². The number of nitrogens with zero attached hydrogens (tertiary/aromatic N) is 1. The van der Waals surface area contributed by atoms with E-state index in [9.17, 15) is 9.90 Å². The summed E-state index contributed by atoms with van der Waals surface area (Å²) in [5, 5.41) is 15.5. The largest absolute Gasteiger partial charge is 0.290 e. The molecule has 0 aromatic heterocycles. The highest BCUT2D eigenvalue weighted by Crippen LogP contribution is 2.24. The summed E-state index contributed by atoms with van der Waals surface area (Å²) in [6, 6.07) is 5.16. The summed E-state index contributed by atoms with van der Waals surface area (Å²) < 4.78 is 0. The molecule has 1 atom stereocenters. The van der Waals surface area contributed by atoms with Crippen molar-refractivity contribution in [3.63, 3.8) is 0 Å². The average molecular weight is 231 g/mol. The highest BCUT2D eigenvalue weighted by Gasteiger charge is 2.24. The summed E-state index contributed by atoms with van der Waals surface area (Å²) in [7, 11) is 0. The molecule has 89 valence electrons. The minimum absolute atomic E-state index is 0.0299. The lowest BCUT2D eigenvalue weighted by Gasteiger charge is -2.21. The number of carbonyl (C=O) groups is 1. The molecule has 1 N–H and O–H groups in total. The molecule has 1 radical (unpaired) electrons. The molecule has 1 heterocycles. The highest BCUT2D eigenvalue weighted by atomic mass is 16.3. The number of hydrogen-bond donors (Lipinski definition) is 1. The third-order valence-electron chi connectivity index (χ3n) is 3.08. The minimum Gasteiger partial charge on any atom is -0.290 e. The van der Waals surface area contributed by atoms with Gasteiger partial charge in [-0.25, -0.2) is 5.43 Å². The quantitative estimate of drug-likeness (QED) is 0.834. The zero-order valence-corrected chi connectivity index (χ0v) is 9.99. The molecule has 0 saturated heterocycles. The van der Waals surface area contributed by atoms with Crippen LogP contribution in [0.4, 0.5) is 0 Å². The lowest BCUT2D eigenvalue weighted by Crippen LogP contribution is -2.33. The van der Waals surface area contributed by atoms with Gasteiger partial charge in [-0.3, -0.25) is 9.90 Å². The maximum absolute atomic E-state index is 11.3. The van der Waals surface area contributed by atoms with Crippen molar-refractivity contribution in [2.75, 3.05) is 0 Å². The van der Waals surface area contributed by atoms with Crippen LogP contribution in [-0.2, 0) is 9.90 Å². The van der Waals surface area contributed by atoms with Crippen molar-refractivity contribution in [1.29, 1.82) is 0 Å². The number of hydrazone groups is 1. The number of rotatable bonds is 2. The molecule has 0 aliphatic carbocycles. The van der Waals surface area contributed by atoms with E-state index in [1.165, 1.54) is 0 Å². The molecular weight excluding hydrogens is 216 g/mol. The molecule has 4 nitrogen and oxygen atoms in total. The third-order valence-corrected chi connectivity index (χ3v) is 3.08. The van der Waals surface area contributed by atoms with Gasteiger partial charge in [0.1, 0.15) is 0 Å². The molecule has 0 bridgehead atoms. The normalized spacial score (nSPS) is 19.8. The lowest BCUT2D eigenvalue weighted by molar-refractivity contribution is -0.122. The fraction of sp³-hybridized carbons (Fsp3) is 0.385. The van der Waals surface area contributed by atoms with Gasteiger partial charge >= 0.3 is 0 Å². The summed E-state index contributed by atoms with van der Waals surface area (Å²) in [5.74, 6) is 0.126. The van der Waals surface area contributed by atoms with E-state index in [0.29, 0.717) is 12.0 Å². The lowest BCUT2D eigenvalue weighted by atomic mass is 9.89. The van der Waals surface area contributed by atoms with Gasteiger partial charge in [0.2, 0.25) is 5.91 Å². The number of amides is 1. The second-order valence-corrected chi connectivity index (χ2v) is 4.32. The second kappa shape index (κ2) is 4.57. The van der Waals surface area contributed by atoms with Crippen molar-refractivity contribution in [2.45, 2.75) is 26.7 Å². The molecule has 0 saturated carbocycles. The van der Waals surface area contributed by atoms with Gasteiger partial charge in [-0.1, -0.05) is 6.92 Å². The van der Waals surface area contributed by atoms with Crippen LogP contribution in [0.3, 0.4) is 0 Å². The first kappa shape index (κ1) is 11.6. The van der Waals surface area contributed by atoms with Crippen molar-refractivity contribution in [3.05, 3.63) is 29.3 Å². The predicted molar refractivity (Wildman–Crippen MR) is 64.4 cm³/mol. The van der Waals surface area contributed by atoms with Crippen LogP contribution < -0.4 is 5.43 Å². The Kier molecular flexibility index (Phi) is 3.13. The Bertz CT molecular complexity index is 480. The number of carbonyl (C=O) groups excluding carboxylic acids is 1. The van der Waals surface area contributed by atoms with Crippen LogP contribution in [0.25, 0.3) is 0 Å². The van der Waals surface area contributed by atoms with Gasteiger partial charge in [0.15, 0.2) is 5.75 Å². The van der Waals surface area contributed by atoms with Crippen molar-refractivity contribution < 1.29 is 9.90 Å². The molecular formula is C13H15N2O2. The molecule has 1 aromatic carbocycles. The summed E-state index contributed by atoms with van der Waals surface area (Å²) in [6.45, 7) is 3.82. The second-order valence-electron chi connectivity index (χ2n) is 4.32. The van der Waals surface area contributed by atoms with Gasteiger partial charge < -0.3 is 0 Å². The first-order chi connectivity index (χ1) is 8.11. The smallest absolute Gasteiger partial charge is 0.240 e. The third kappa shape index (κ3) is 2.30.